The zero-order valence-corrected chi connectivity index (χ0v) is 13.2. The maximum atomic E-state index is 13.5. The molecule has 0 aliphatic carbocycles. The molecule has 0 atom stereocenters. The van der Waals surface area contributed by atoms with E-state index in [9.17, 15) is 4.39 Å². The molecule has 23 heavy (non-hydrogen) atoms. The van der Waals surface area contributed by atoms with Gasteiger partial charge in [-0.3, -0.25) is 9.97 Å². The van der Waals surface area contributed by atoms with Crippen molar-refractivity contribution in [2.45, 2.75) is 19.3 Å². The Hall–Kier alpha value is -2.01. The standard InChI is InChI=1S/C18H22FN3O/c19-17-3-1-2-4-18(17)23-14-15-5-10-22(11-6-15)12-7-16-13-20-8-9-21-16/h1-4,8-9,13,15H,5-7,10-12,14H2. The third kappa shape index (κ3) is 4.73. The van der Waals surface area contributed by atoms with Crippen LogP contribution in [0.25, 0.3) is 0 Å². The number of halogens is 1. The quantitative estimate of drug-likeness (QED) is 0.821. The lowest BCUT2D eigenvalue weighted by molar-refractivity contribution is 0.140. The molecule has 0 amide bonds. The summed E-state index contributed by atoms with van der Waals surface area (Å²) in [5.74, 6) is 0.578. The van der Waals surface area contributed by atoms with Crippen LogP contribution in [0.5, 0.6) is 5.75 Å². The second-order valence-corrected chi connectivity index (χ2v) is 5.97. The average molecular weight is 315 g/mol. The zero-order chi connectivity index (χ0) is 15.9. The van der Waals surface area contributed by atoms with Gasteiger partial charge in [0.05, 0.1) is 12.3 Å². The summed E-state index contributed by atoms with van der Waals surface area (Å²) >= 11 is 0. The molecule has 3 rings (SSSR count). The van der Waals surface area contributed by atoms with Gasteiger partial charge in [0, 0.05) is 31.6 Å². The monoisotopic (exact) mass is 315 g/mol. The van der Waals surface area contributed by atoms with Crippen molar-refractivity contribution < 1.29 is 9.13 Å². The van der Waals surface area contributed by atoms with Gasteiger partial charge in [0.15, 0.2) is 11.6 Å². The van der Waals surface area contributed by atoms with Crippen LogP contribution in [0.2, 0.25) is 0 Å². The number of benzene rings is 1. The lowest BCUT2D eigenvalue weighted by Crippen LogP contribution is -2.36. The Morgan fingerprint density at radius 2 is 2.00 bits per heavy atom. The van der Waals surface area contributed by atoms with Gasteiger partial charge in [-0.05, 0) is 44.0 Å². The van der Waals surface area contributed by atoms with Crippen molar-refractivity contribution in [2.24, 2.45) is 5.92 Å². The van der Waals surface area contributed by atoms with Crippen LogP contribution in [0.4, 0.5) is 4.39 Å². The first-order valence-corrected chi connectivity index (χ1v) is 8.16. The minimum absolute atomic E-state index is 0.283. The van der Waals surface area contributed by atoms with Crippen molar-refractivity contribution in [2.75, 3.05) is 26.2 Å². The van der Waals surface area contributed by atoms with E-state index < -0.39 is 0 Å². The molecule has 4 nitrogen and oxygen atoms in total. The van der Waals surface area contributed by atoms with Crippen molar-refractivity contribution >= 4 is 0 Å². The number of rotatable bonds is 6. The predicted molar refractivity (Wildman–Crippen MR) is 86.8 cm³/mol. The second-order valence-electron chi connectivity index (χ2n) is 5.97. The fourth-order valence-electron chi connectivity index (χ4n) is 2.88. The lowest BCUT2D eigenvalue weighted by Gasteiger charge is -2.31. The Kier molecular flexibility index (Phi) is 5.53. The minimum atomic E-state index is -0.283. The molecule has 0 radical (unpaired) electrons. The molecule has 1 saturated heterocycles. The smallest absolute Gasteiger partial charge is 0.165 e. The Morgan fingerprint density at radius 3 is 2.74 bits per heavy atom. The van der Waals surface area contributed by atoms with Crippen LogP contribution >= 0.6 is 0 Å². The van der Waals surface area contributed by atoms with Crippen LogP contribution in [0.3, 0.4) is 0 Å². The van der Waals surface area contributed by atoms with Crippen LogP contribution in [-0.4, -0.2) is 41.1 Å². The van der Waals surface area contributed by atoms with Crippen molar-refractivity contribution in [3.8, 4) is 5.75 Å². The molecule has 122 valence electrons. The first-order chi connectivity index (χ1) is 11.3. The fraction of sp³-hybridized carbons (Fsp3) is 0.444. The Balaban J connectivity index is 1.38. The number of nitrogens with zero attached hydrogens (tertiary/aromatic N) is 3. The molecule has 0 saturated carbocycles. The summed E-state index contributed by atoms with van der Waals surface area (Å²) in [7, 11) is 0. The van der Waals surface area contributed by atoms with E-state index in [1.54, 1.807) is 30.6 Å². The topological polar surface area (TPSA) is 38.2 Å². The third-order valence-electron chi connectivity index (χ3n) is 4.32. The highest BCUT2D eigenvalue weighted by atomic mass is 19.1. The van der Waals surface area contributed by atoms with Crippen LogP contribution in [0.15, 0.2) is 42.9 Å². The average Bonchev–Trinajstić information content (AvgIpc) is 2.61. The van der Waals surface area contributed by atoms with Crippen molar-refractivity contribution in [1.82, 2.24) is 14.9 Å². The molecule has 1 aromatic carbocycles. The van der Waals surface area contributed by atoms with E-state index in [1.165, 1.54) is 6.07 Å². The van der Waals surface area contributed by atoms with Crippen molar-refractivity contribution in [3.63, 3.8) is 0 Å². The van der Waals surface area contributed by atoms with Gasteiger partial charge in [-0.15, -0.1) is 0 Å². The highest BCUT2D eigenvalue weighted by molar-refractivity contribution is 5.23. The maximum absolute atomic E-state index is 13.5. The number of likely N-dealkylation sites (tertiary alicyclic amines) is 1. The lowest BCUT2D eigenvalue weighted by atomic mass is 9.97. The predicted octanol–water partition coefficient (Wildman–Crippen LogP) is 2.95. The molecule has 2 aromatic rings. The molecular formula is C18H22FN3O. The van der Waals surface area contributed by atoms with Gasteiger partial charge in [0.2, 0.25) is 0 Å². The SMILES string of the molecule is Fc1ccccc1OCC1CCN(CCc2cnccn2)CC1. The second kappa shape index (κ2) is 8.02. The van der Waals surface area contributed by atoms with E-state index in [-0.39, 0.29) is 5.82 Å². The summed E-state index contributed by atoms with van der Waals surface area (Å²) in [6, 6.07) is 6.60. The highest BCUT2D eigenvalue weighted by Gasteiger charge is 2.20. The number of aromatic nitrogens is 2. The van der Waals surface area contributed by atoms with Gasteiger partial charge in [-0.1, -0.05) is 12.1 Å². The first kappa shape index (κ1) is 15.9. The summed E-state index contributed by atoms with van der Waals surface area (Å²) < 4.78 is 19.2. The van der Waals surface area contributed by atoms with E-state index in [4.69, 9.17) is 4.74 Å². The number of piperidine rings is 1. The van der Waals surface area contributed by atoms with Crippen molar-refractivity contribution in [1.29, 1.82) is 0 Å². The molecule has 0 bridgehead atoms. The largest absolute Gasteiger partial charge is 0.490 e. The van der Waals surface area contributed by atoms with Gasteiger partial charge in [-0.25, -0.2) is 4.39 Å². The summed E-state index contributed by atoms with van der Waals surface area (Å²) in [5.41, 5.74) is 1.04. The van der Waals surface area contributed by atoms with Gasteiger partial charge in [-0.2, -0.15) is 0 Å². The highest BCUT2D eigenvalue weighted by Crippen LogP contribution is 2.21. The van der Waals surface area contributed by atoms with Gasteiger partial charge in [0.1, 0.15) is 0 Å². The molecule has 0 N–H and O–H groups in total. The molecule has 0 unspecified atom stereocenters. The summed E-state index contributed by atoms with van der Waals surface area (Å²) in [6.45, 7) is 3.73. The van der Waals surface area contributed by atoms with E-state index in [1.807, 2.05) is 6.20 Å². The van der Waals surface area contributed by atoms with Gasteiger partial charge < -0.3 is 9.64 Å². The van der Waals surface area contributed by atoms with E-state index in [0.717, 1.165) is 44.6 Å². The van der Waals surface area contributed by atoms with Crippen LogP contribution in [-0.2, 0) is 6.42 Å². The number of ether oxygens (including phenoxy) is 1. The number of para-hydroxylation sites is 1. The summed E-state index contributed by atoms with van der Waals surface area (Å²) in [6.07, 6.45) is 8.38. The van der Waals surface area contributed by atoms with E-state index in [0.29, 0.717) is 18.3 Å². The van der Waals surface area contributed by atoms with Crippen molar-refractivity contribution in [3.05, 3.63) is 54.4 Å². The summed E-state index contributed by atoms with van der Waals surface area (Å²) in [4.78, 5) is 10.8. The van der Waals surface area contributed by atoms with Crippen LogP contribution in [0, 0.1) is 11.7 Å². The zero-order valence-electron chi connectivity index (χ0n) is 13.2. The Bertz CT molecular complexity index is 600. The molecule has 5 heteroatoms. The van der Waals surface area contributed by atoms with E-state index in [2.05, 4.69) is 14.9 Å². The van der Waals surface area contributed by atoms with Gasteiger partial charge >= 0.3 is 0 Å². The maximum Gasteiger partial charge on any atom is 0.165 e. The molecular weight excluding hydrogens is 293 g/mol. The third-order valence-corrected chi connectivity index (χ3v) is 4.32. The molecule has 1 fully saturated rings. The molecule has 1 aromatic heterocycles. The fourth-order valence-corrected chi connectivity index (χ4v) is 2.88. The number of hydrogen-bond donors (Lipinski definition) is 0. The molecule has 2 heterocycles. The molecule has 1 aliphatic heterocycles. The normalized spacial score (nSPS) is 16.4. The number of hydrogen-bond acceptors (Lipinski definition) is 4. The Labute approximate surface area is 136 Å². The molecule has 1 aliphatic rings. The minimum Gasteiger partial charge on any atom is -0.490 e. The van der Waals surface area contributed by atoms with Crippen LogP contribution in [0.1, 0.15) is 18.5 Å². The summed E-state index contributed by atoms with van der Waals surface area (Å²) in [5, 5.41) is 0. The van der Waals surface area contributed by atoms with Gasteiger partial charge in [0.25, 0.3) is 0 Å². The first-order valence-electron chi connectivity index (χ1n) is 8.16. The Morgan fingerprint density at radius 1 is 1.17 bits per heavy atom. The van der Waals surface area contributed by atoms with Crippen LogP contribution < -0.4 is 4.74 Å². The molecule has 0 spiro atoms. The van der Waals surface area contributed by atoms with E-state index >= 15 is 0 Å².